The van der Waals surface area contributed by atoms with Crippen LogP contribution in [0.25, 0.3) is 11.4 Å². The fourth-order valence-corrected chi connectivity index (χ4v) is 2.96. The maximum Gasteiger partial charge on any atom is 0.166 e. The molecule has 1 aliphatic carbocycles. The lowest BCUT2D eigenvalue weighted by molar-refractivity contribution is 0.355. The first-order valence-electron chi connectivity index (χ1n) is 7.07. The summed E-state index contributed by atoms with van der Waals surface area (Å²) in [4.78, 5) is 0. The van der Waals surface area contributed by atoms with Crippen LogP contribution in [0.2, 0.25) is 0 Å². The van der Waals surface area contributed by atoms with Gasteiger partial charge in [0.15, 0.2) is 5.82 Å². The molecule has 2 aromatic rings. The summed E-state index contributed by atoms with van der Waals surface area (Å²) in [7, 11) is 1.94. The molecule has 4 heteroatoms. The maximum atomic E-state index is 4.34. The number of nitrogens with zero attached hydrogens (tertiary/aromatic N) is 3. The molecule has 100 valence electrons. The standard InChI is InChI=1S/C15H20N4/c1-16-14-10-6-5-9-13(14)15-18-17-11-19(15)12-7-3-2-4-8-12/h5-6,9-12,16H,2-4,7-8H2,1H3. The lowest BCUT2D eigenvalue weighted by atomic mass is 9.95. The molecule has 0 atom stereocenters. The molecule has 0 unspecified atom stereocenters. The van der Waals surface area contributed by atoms with E-state index in [2.05, 4.69) is 38.3 Å². The van der Waals surface area contributed by atoms with E-state index in [4.69, 9.17) is 0 Å². The van der Waals surface area contributed by atoms with Crippen molar-refractivity contribution in [1.29, 1.82) is 0 Å². The van der Waals surface area contributed by atoms with Gasteiger partial charge in [0.25, 0.3) is 0 Å². The Hall–Kier alpha value is -1.84. The number of anilines is 1. The third-order valence-electron chi connectivity index (χ3n) is 3.98. The van der Waals surface area contributed by atoms with Crippen LogP contribution < -0.4 is 5.32 Å². The van der Waals surface area contributed by atoms with Crippen molar-refractivity contribution >= 4 is 5.69 Å². The van der Waals surface area contributed by atoms with Gasteiger partial charge in [0.1, 0.15) is 6.33 Å². The highest BCUT2D eigenvalue weighted by Crippen LogP contribution is 2.33. The summed E-state index contributed by atoms with van der Waals surface area (Å²) in [5.41, 5.74) is 2.24. The number of hydrogen-bond acceptors (Lipinski definition) is 3. The van der Waals surface area contributed by atoms with Crippen LogP contribution in [0.5, 0.6) is 0 Å². The van der Waals surface area contributed by atoms with Gasteiger partial charge in [-0.2, -0.15) is 0 Å². The van der Waals surface area contributed by atoms with Crippen molar-refractivity contribution in [3.05, 3.63) is 30.6 Å². The van der Waals surface area contributed by atoms with Crippen LogP contribution in [0.1, 0.15) is 38.1 Å². The van der Waals surface area contributed by atoms with Crippen LogP contribution in [0, 0.1) is 0 Å². The lowest BCUT2D eigenvalue weighted by Gasteiger charge is -2.24. The molecular formula is C15H20N4. The molecule has 0 aliphatic heterocycles. The zero-order valence-corrected chi connectivity index (χ0v) is 11.3. The predicted octanol–water partition coefficient (Wildman–Crippen LogP) is 3.49. The molecule has 0 bridgehead atoms. The molecule has 4 nitrogen and oxygen atoms in total. The summed E-state index contributed by atoms with van der Waals surface area (Å²) in [6, 6.07) is 8.83. The summed E-state index contributed by atoms with van der Waals surface area (Å²) in [5, 5.41) is 11.7. The molecule has 0 amide bonds. The Bertz CT molecular complexity index is 541. The van der Waals surface area contributed by atoms with Gasteiger partial charge in [0, 0.05) is 24.3 Å². The first kappa shape index (κ1) is 12.2. The van der Waals surface area contributed by atoms with E-state index in [1.165, 1.54) is 32.1 Å². The Morgan fingerprint density at radius 3 is 2.74 bits per heavy atom. The molecule has 19 heavy (non-hydrogen) atoms. The molecule has 1 fully saturated rings. The van der Waals surface area contributed by atoms with E-state index in [9.17, 15) is 0 Å². The molecule has 0 saturated heterocycles. The second-order valence-electron chi connectivity index (χ2n) is 5.15. The molecule has 0 radical (unpaired) electrons. The number of aromatic nitrogens is 3. The van der Waals surface area contributed by atoms with Gasteiger partial charge in [0.2, 0.25) is 0 Å². The van der Waals surface area contributed by atoms with Crippen LogP contribution in [-0.4, -0.2) is 21.8 Å². The van der Waals surface area contributed by atoms with Crippen molar-refractivity contribution in [2.24, 2.45) is 0 Å². The quantitative estimate of drug-likeness (QED) is 0.914. The van der Waals surface area contributed by atoms with Gasteiger partial charge in [-0.3, -0.25) is 0 Å². The molecule has 1 aromatic carbocycles. The highest BCUT2D eigenvalue weighted by molar-refractivity contribution is 5.73. The number of para-hydroxylation sites is 1. The third kappa shape index (κ3) is 2.35. The van der Waals surface area contributed by atoms with Crippen molar-refractivity contribution in [1.82, 2.24) is 14.8 Å². The van der Waals surface area contributed by atoms with Crippen LogP contribution in [0.15, 0.2) is 30.6 Å². The molecule has 1 N–H and O–H groups in total. The molecule has 0 spiro atoms. The number of hydrogen-bond donors (Lipinski definition) is 1. The average Bonchev–Trinajstić information content (AvgIpc) is 2.97. The van der Waals surface area contributed by atoms with Gasteiger partial charge in [-0.15, -0.1) is 10.2 Å². The van der Waals surface area contributed by atoms with Crippen molar-refractivity contribution in [3.63, 3.8) is 0 Å². The van der Waals surface area contributed by atoms with Crippen molar-refractivity contribution < 1.29 is 0 Å². The van der Waals surface area contributed by atoms with Crippen molar-refractivity contribution in [2.45, 2.75) is 38.1 Å². The monoisotopic (exact) mass is 256 g/mol. The smallest absolute Gasteiger partial charge is 0.166 e. The third-order valence-corrected chi connectivity index (χ3v) is 3.98. The van der Waals surface area contributed by atoms with E-state index >= 15 is 0 Å². The summed E-state index contributed by atoms with van der Waals surface area (Å²) in [5.74, 6) is 0.983. The molecule has 1 heterocycles. The van der Waals surface area contributed by atoms with Crippen LogP contribution in [-0.2, 0) is 0 Å². The summed E-state index contributed by atoms with van der Waals surface area (Å²) in [6.07, 6.45) is 8.37. The van der Waals surface area contributed by atoms with Gasteiger partial charge in [-0.05, 0) is 25.0 Å². The Morgan fingerprint density at radius 1 is 1.16 bits per heavy atom. The van der Waals surface area contributed by atoms with Crippen LogP contribution in [0.4, 0.5) is 5.69 Å². The first-order chi connectivity index (χ1) is 9.40. The van der Waals surface area contributed by atoms with Crippen LogP contribution >= 0.6 is 0 Å². The summed E-state index contributed by atoms with van der Waals surface area (Å²) >= 11 is 0. The predicted molar refractivity (Wildman–Crippen MR) is 77.1 cm³/mol. The van der Waals surface area contributed by atoms with Gasteiger partial charge in [0.05, 0.1) is 0 Å². The minimum Gasteiger partial charge on any atom is -0.388 e. The minimum absolute atomic E-state index is 0.559. The van der Waals surface area contributed by atoms with Gasteiger partial charge in [-0.25, -0.2) is 0 Å². The summed E-state index contributed by atoms with van der Waals surface area (Å²) < 4.78 is 2.26. The van der Waals surface area contributed by atoms with Crippen molar-refractivity contribution in [2.75, 3.05) is 12.4 Å². The highest BCUT2D eigenvalue weighted by atomic mass is 15.3. The van der Waals surface area contributed by atoms with E-state index in [-0.39, 0.29) is 0 Å². The Morgan fingerprint density at radius 2 is 1.95 bits per heavy atom. The largest absolute Gasteiger partial charge is 0.388 e. The van der Waals surface area contributed by atoms with E-state index in [1.54, 1.807) is 0 Å². The van der Waals surface area contributed by atoms with Gasteiger partial charge in [-0.1, -0.05) is 31.4 Å². The zero-order valence-electron chi connectivity index (χ0n) is 11.3. The molecule has 1 aromatic heterocycles. The highest BCUT2D eigenvalue weighted by Gasteiger charge is 2.20. The fraction of sp³-hybridized carbons (Fsp3) is 0.467. The molecule has 1 saturated carbocycles. The number of rotatable bonds is 3. The number of nitrogens with one attached hydrogen (secondary N) is 1. The van der Waals surface area contributed by atoms with E-state index in [1.807, 2.05) is 19.4 Å². The number of benzene rings is 1. The van der Waals surface area contributed by atoms with E-state index in [0.29, 0.717) is 6.04 Å². The SMILES string of the molecule is CNc1ccccc1-c1nncn1C1CCCCC1. The van der Waals surface area contributed by atoms with E-state index in [0.717, 1.165) is 17.1 Å². The van der Waals surface area contributed by atoms with E-state index < -0.39 is 0 Å². The van der Waals surface area contributed by atoms with Crippen LogP contribution in [0.3, 0.4) is 0 Å². The Labute approximate surface area is 113 Å². The average molecular weight is 256 g/mol. The Kier molecular flexibility index (Phi) is 3.49. The maximum absolute atomic E-state index is 4.34. The molecular weight excluding hydrogens is 236 g/mol. The topological polar surface area (TPSA) is 42.7 Å². The lowest BCUT2D eigenvalue weighted by Crippen LogP contribution is -2.13. The fourth-order valence-electron chi connectivity index (χ4n) is 2.96. The second-order valence-corrected chi connectivity index (χ2v) is 5.15. The van der Waals surface area contributed by atoms with Gasteiger partial charge >= 0.3 is 0 Å². The second kappa shape index (κ2) is 5.43. The molecule has 3 rings (SSSR count). The summed E-state index contributed by atoms with van der Waals surface area (Å²) in [6.45, 7) is 0. The minimum atomic E-state index is 0.559. The first-order valence-corrected chi connectivity index (χ1v) is 7.07. The Balaban J connectivity index is 1.99. The normalized spacial score (nSPS) is 16.5. The van der Waals surface area contributed by atoms with Gasteiger partial charge < -0.3 is 9.88 Å². The van der Waals surface area contributed by atoms with Crippen molar-refractivity contribution in [3.8, 4) is 11.4 Å². The molecule has 1 aliphatic rings. The zero-order chi connectivity index (χ0) is 13.1.